The van der Waals surface area contributed by atoms with Gasteiger partial charge in [0.1, 0.15) is 12.6 Å². The maximum atomic E-state index is 13.3. The van der Waals surface area contributed by atoms with Gasteiger partial charge in [0, 0.05) is 18.8 Å². The minimum atomic E-state index is -4.93. The Labute approximate surface area is 178 Å². The van der Waals surface area contributed by atoms with Crippen molar-refractivity contribution < 1.29 is 31.1 Å². The largest absolute Gasteiger partial charge is 0.417 e. The van der Waals surface area contributed by atoms with E-state index in [1.165, 1.54) is 17.9 Å². The smallest absolute Gasteiger partial charge is 0.351 e. The van der Waals surface area contributed by atoms with Gasteiger partial charge >= 0.3 is 12.4 Å². The number of nitriles is 1. The molecular weight excluding hydrogens is 424 g/mol. The molecule has 10 heteroatoms. The maximum absolute atomic E-state index is 13.3. The molecule has 31 heavy (non-hydrogen) atoms. The van der Waals surface area contributed by atoms with Gasteiger partial charge in [0.15, 0.2) is 0 Å². The molecule has 0 spiro atoms. The molecule has 0 aliphatic carbocycles. The van der Waals surface area contributed by atoms with Gasteiger partial charge in [-0.3, -0.25) is 4.79 Å². The summed E-state index contributed by atoms with van der Waals surface area (Å²) in [6.45, 7) is 7.67. The second-order valence-corrected chi connectivity index (χ2v) is 8.29. The second-order valence-electron chi connectivity index (χ2n) is 8.29. The van der Waals surface area contributed by atoms with Crippen LogP contribution in [0.15, 0.2) is 18.2 Å². The number of amides is 1. The van der Waals surface area contributed by atoms with Crippen LogP contribution in [0.2, 0.25) is 0 Å². The Kier molecular flexibility index (Phi) is 8.79. The lowest BCUT2D eigenvalue weighted by atomic mass is 10.0. The monoisotopic (exact) mass is 451 g/mol. The third-order valence-corrected chi connectivity index (χ3v) is 4.42. The number of halogens is 6. The van der Waals surface area contributed by atoms with Crippen molar-refractivity contribution in [3.8, 4) is 6.07 Å². The standard InChI is InChI=1S/C21H27F6N3O/c1-13(2)10-29(11-14(3)4)19(31)15(5)30(12-20(22,23)24)17-7-6-16(9-28)18(8-17)21(25,26)27/h6-8,13-15H,10-12H2,1-5H3/t15-/m0/s1. The van der Waals surface area contributed by atoms with Gasteiger partial charge in [-0.05, 0) is 37.0 Å². The van der Waals surface area contributed by atoms with E-state index in [4.69, 9.17) is 5.26 Å². The lowest BCUT2D eigenvalue weighted by Gasteiger charge is -2.36. The minimum Gasteiger partial charge on any atom is -0.351 e. The van der Waals surface area contributed by atoms with Gasteiger partial charge in [0.2, 0.25) is 5.91 Å². The highest BCUT2D eigenvalue weighted by molar-refractivity contribution is 5.85. The van der Waals surface area contributed by atoms with Gasteiger partial charge in [0.05, 0.1) is 17.2 Å². The lowest BCUT2D eigenvalue weighted by Crippen LogP contribution is -2.51. The summed E-state index contributed by atoms with van der Waals surface area (Å²) in [6.07, 6.45) is -9.69. The number of alkyl halides is 6. The van der Waals surface area contributed by atoms with Gasteiger partial charge in [-0.25, -0.2) is 0 Å². The topological polar surface area (TPSA) is 47.3 Å². The van der Waals surface area contributed by atoms with Crippen LogP contribution in [0.25, 0.3) is 0 Å². The molecule has 1 aromatic rings. The van der Waals surface area contributed by atoms with Crippen LogP contribution in [0, 0.1) is 23.2 Å². The Bertz CT molecular complexity index is 786. The quantitative estimate of drug-likeness (QED) is 0.492. The Balaban J connectivity index is 3.46. The van der Waals surface area contributed by atoms with E-state index in [2.05, 4.69) is 0 Å². The zero-order valence-electron chi connectivity index (χ0n) is 18.1. The van der Waals surface area contributed by atoms with Crippen molar-refractivity contribution in [3.05, 3.63) is 29.3 Å². The van der Waals surface area contributed by atoms with Crippen molar-refractivity contribution in [1.82, 2.24) is 4.90 Å². The number of benzene rings is 1. The minimum absolute atomic E-state index is 0.0534. The van der Waals surface area contributed by atoms with Crippen LogP contribution in [0.4, 0.5) is 32.0 Å². The number of rotatable bonds is 8. The van der Waals surface area contributed by atoms with E-state index in [1.54, 1.807) is 0 Å². The van der Waals surface area contributed by atoms with Crippen LogP contribution in [0.3, 0.4) is 0 Å². The number of nitrogens with zero attached hydrogens (tertiary/aromatic N) is 3. The predicted molar refractivity (Wildman–Crippen MR) is 105 cm³/mol. The Morgan fingerprint density at radius 2 is 1.52 bits per heavy atom. The molecule has 0 heterocycles. The normalized spacial score (nSPS) is 13.3. The first-order valence-electron chi connectivity index (χ1n) is 9.80. The van der Waals surface area contributed by atoms with Crippen molar-refractivity contribution >= 4 is 11.6 Å². The average molecular weight is 451 g/mol. The molecule has 0 bridgehead atoms. The fraction of sp³-hybridized carbons (Fsp3) is 0.619. The summed E-state index contributed by atoms with van der Waals surface area (Å²) in [5.74, 6) is -0.500. The fourth-order valence-corrected chi connectivity index (χ4v) is 3.22. The maximum Gasteiger partial charge on any atom is 0.417 e. The van der Waals surface area contributed by atoms with Gasteiger partial charge < -0.3 is 9.80 Å². The van der Waals surface area contributed by atoms with E-state index in [1.807, 2.05) is 27.7 Å². The Morgan fingerprint density at radius 1 is 1.00 bits per heavy atom. The van der Waals surface area contributed by atoms with Crippen LogP contribution in [0.5, 0.6) is 0 Å². The molecule has 1 rings (SSSR count). The van der Waals surface area contributed by atoms with Crippen LogP contribution < -0.4 is 4.90 Å². The number of carbonyl (C=O) groups excluding carboxylic acids is 1. The average Bonchev–Trinajstić information content (AvgIpc) is 2.61. The lowest BCUT2D eigenvalue weighted by molar-refractivity contribution is -0.137. The molecule has 0 saturated carbocycles. The van der Waals surface area contributed by atoms with E-state index in [-0.39, 0.29) is 11.8 Å². The molecule has 0 unspecified atom stereocenters. The number of anilines is 1. The number of hydrogen-bond donors (Lipinski definition) is 0. The van der Waals surface area contributed by atoms with Gasteiger partial charge in [0.25, 0.3) is 0 Å². The summed E-state index contributed by atoms with van der Waals surface area (Å²) in [4.78, 5) is 15.1. The second kappa shape index (κ2) is 10.2. The van der Waals surface area contributed by atoms with Crippen molar-refractivity contribution in [1.29, 1.82) is 5.26 Å². The predicted octanol–water partition coefficient (Wildman–Crippen LogP) is 5.47. The van der Waals surface area contributed by atoms with Crippen molar-refractivity contribution in [2.45, 2.75) is 53.0 Å². The van der Waals surface area contributed by atoms with E-state index in [9.17, 15) is 31.1 Å². The summed E-state index contributed by atoms with van der Waals surface area (Å²) in [5, 5.41) is 8.93. The van der Waals surface area contributed by atoms with Crippen LogP contribution in [-0.2, 0) is 11.0 Å². The molecular formula is C21H27F6N3O. The third kappa shape index (κ3) is 7.96. The zero-order chi connectivity index (χ0) is 24.1. The zero-order valence-corrected chi connectivity index (χ0v) is 18.1. The van der Waals surface area contributed by atoms with Gasteiger partial charge in [-0.1, -0.05) is 27.7 Å². The van der Waals surface area contributed by atoms with Gasteiger partial charge in [-0.2, -0.15) is 31.6 Å². The molecule has 1 aromatic carbocycles. The first-order valence-corrected chi connectivity index (χ1v) is 9.80. The van der Waals surface area contributed by atoms with E-state index < -0.39 is 47.7 Å². The molecule has 0 aliphatic rings. The summed E-state index contributed by atoms with van der Waals surface area (Å²) in [7, 11) is 0. The molecule has 0 saturated heterocycles. The SMILES string of the molecule is CC(C)CN(CC(C)C)C(=O)[C@H](C)N(CC(F)(F)F)c1ccc(C#N)c(C(F)(F)F)c1. The molecule has 0 aromatic heterocycles. The van der Waals surface area contributed by atoms with Crippen molar-refractivity contribution in [2.24, 2.45) is 11.8 Å². The molecule has 174 valence electrons. The van der Waals surface area contributed by atoms with E-state index in [0.717, 1.165) is 12.1 Å². The van der Waals surface area contributed by atoms with Crippen LogP contribution >= 0.6 is 0 Å². The first kappa shape index (κ1) is 26.6. The summed E-state index contributed by atoms with van der Waals surface area (Å²) in [5.41, 5.74) is -2.48. The first-order chi connectivity index (χ1) is 14.1. The highest BCUT2D eigenvalue weighted by Crippen LogP contribution is 2.35. The van der Waals surface area contributed by atoms with Crippen molar-refractivity contribution in [3.63, 3.8) is 0 Å². The molecule has 4 nitrogen and oxygen atoms in total. The highest BCUT2D eigenvalue weighted by atomic mass is 19.4. The van der Waals surface area contributed by atoms with Gasteiger partial charge in [-0.15, -0.1) is 0 Å². The van der Waals surface area contributed by atoms with Crippen LogP contribution in [-0.4, -0.2) is 42.7 Å². The molecule has 0 fully saturated rings. The van der Waals surface area contributed by atoms with E-state index >= 15 is 0 Å². The number of carbonyl (C=O) groups is 1. The third-order valence-electron chi connectivity index (χ3n) is 4.42. The van der Waals surface area contributed by atoms with Crippen molar-refractivity contribution in [2.75, 3.05) is 24.5 Å². The Morgan fingerprint density at radius 3 is 1.90 bits per heavy atom. The molecule has 0 N–H and O–H groups in total. The molecule has 1 amide bonds. The summed E-state index contributed by atoms with van der Waals surface area (Å²) < 4.78 is 79.8. The molecule has 0 radical (unpaired) electrons. The molecule has 1 atom stereocenters. The fourth-order valence-electron chi connectivity index (χ4n) is 3.22. The van der Waals surface area contributed by atoms with Crippen LogP contribution in [0.1, 0.15) is 45.7 Å². The highest BCUT2D eigenvalue weighted by Gasteiger charge is 2.39. The molecule has 0 aliphatic heterocycles. The Hall–Kier alpha value is -2.44. The van der Waals surface area contributed by atoms with E-state index in [0.29, 0.717) is 24.1 Å². The number of hydrogen-bond acceptors (Lipinski definition) is 3. The summed E-state index contributed by atoms with van der Waals surface area (Å²) >= 11 is 0. The summed E-state index contributed by atoms with van der Waals surface area (Å²) in [6, 6.07) is 2.33.